The van der Waals surface area contributed by atoms with Crippen LogP contribution in [-0.2, 0) is 27.9 Å². The predicted molar refractivity (Wildman–Crippen MR) is 220 cm³/mol. The number of allylic oxidation sites excluding steroid dienone is 2. The Morgan fingerprint density at radius 3 is 1.40 bits per heavy atom. The minimum atomic E-state index is -4.27. The third-order valence-electron chi connectivity index (χ3n) is 9.68. The van der Waals surface area contributed by atoms with E-state index in [2.05, 4.69) is 26.0 Å². The molecule has 2 atom stereocenters. The van der Waals surface area contributed by atoms with E-state index in [1.54, 1.807) is 0 Å². The van der Waals surface area contributed by atoms with Gasteiger partial charge >= 0.3 is 13.8 Å². The Morgan fingerprint density at radius 1 is 0.558 bits per heavy atom. The smallest absolute Gasteiger partial charge is 0.457 e. The molecule has 9 heteroatoms. The van der Waals surface area contributed by atoms with Gasteiger partial charge in [-0.3, -0.25) is 13.8 Å². The molecule has 0 aliphatic heterocycles. The maximum Gasteiger partial charge on any atom is 0.472 e. The molecule has 0 heterocycles. The molecule has 0 aromatic rings. The Labute approximate surface area is 322 Å². The van der Waals surface area contributed by atoms with Crippen molar-refractivity contribution in [3.8, 4) is 0 Å². The number of carbonyl (C=O) groups is 1. The van der Waals surface area contributed by atoms with Gasteiger partial charge in [0.2, 0.25) is 0 Å². The summed E-state index contributed by atoms with van der Waals surface area (Å²) in [5.74, 6) is -0.335. The molecule has 0 aliphatic rings. The third kappa shape index (κ3) is 40.4. The van der Waals surface area contributed by atoms with Crippen LogP contribution >= 0.6 is 7.82 Å². The number of phosphoric acid groups is 1. The highest BCUT2D eigenvalue weighted by Crippen LogP contribution is 2.43. The Morgan fingerprint density at radius 2 is 0.962 bits per heavy atom. The van der Waals surface area contributed by atoms with Crippen LogP contribution in [0.4, 0.5) is 0 Å². The van der Waals surface area contributed by atoms with E-state index in [1.165, 1.54) is 154 Å². The van der Waals surface area contributed by atoms with Crippen molar-refractivity contribution >= 4 is 13.8 Å². The van der Waals surface area contributed by atoms with Crippen molar-refractivity contribution in [2.24, 2.45) is 5.73 Å². The van der Waals surface area contributed by atoms with Crippen LogP contribution in [0.25, 0.3) is 0 Å². The summed E-state index contributed by atoms with van der Waals surface area (Å²) in [5.41, 5.74) is 5.37. The first kappa shape index (κ1) is 51.2. The average molecular weight is 760 g/mol. The van der Waals surface area contributed by atoms with Crippen LogP contribution < -0.4 is 5.73 Å². The molecule has 0 rings (SSSR count). The van der Waals surface area contributed by atoms with Gasteiger partial charge in [-0.05, 0) is 38.5 Å². The molecule has 8 nitrogen and oxygen atoms in total. The molecule has 0 aromatic heterocycles. The fourth-order valence-corrected chi connectivity index (χ4v) is 7.17. The van der Waals surface area contributed by atoms with Crippen LogP contribution in [0.5, 0.6) is 0 Å². The normalized spacial score (nSPS) is 13.5. The lowest BCUT2D eigenvalue weighted by Crippen LogP contribution is -2.28. The van der Waals surface area contributed by atoms with Crippen molar-refractivity contribution in [1.82, 2.24) is 0 Å². The average Bonchev–Trinajstić information content (AvgIpc) is 3.13. The van der Waals surface area contributed by atoms with Crippen molar-refractivity contribution in [1.29, 1.82) is 0 Å². The van der Waals surface area contributed by atoms with E-state index in [4.69, 9.17) is 24.3 Å². The zero-order valence-electron chi connectivity index (χ0n) is 34.3. The number of esters is 1. The third-order valence-corrected chi connectivity index (χ3v) is 10.7. The van der Waals surface area contributed by atoms with Crippen LogP contribution in [0.15, 0.2) is 12.2 Å². The van der Waals surface area contributed by atoms with Gasteiger partial charge in [0.25, 0.3) is 0 Å². The van der Waals surface area contributed by atoms with E-state index in [0.717, 1.165) is 44.9 Å². The maximum atomic E-state index is 12.6. The monoisotopic (exact) mass is 760 g/mol. The summed E-state index contributed by atoms with van der Waals surface area (Å²) < 4.78 is 33.4. The van der Waals surface area contributed by atoms with Crippen LogP contribution in [0.1, 0.15) is 219 Å². The van der Waals surface area contributed by atoms with E-state index in [0.29, 0.717) is 13.0 Å². The topological polar surface area (TPSA) is 117 Å². The molecule has 2 unspecified atom stereocenters. The number of hydrogen-bond acceptors (Lipinski definition) is 7. The molecular formula is C43H86NO7P. The Hall–Kier alpha value is -0.760. The summed E-state index contributed by atoms with van der Waals surface area (Å²) in [6.07, 6.45) is 43.7. The lowest BCUT2D eigenvalue weighted by Gasteiger charge is -2.20. The summed E-state index contributed by atoms with van der Waals surface area (Å²) >= 11 is 0. The Bertz CT molecular complexity index is 812. The van der Waals surface area contributed by atoms with E-state index >= 15 is 0 Å². The number of rotatable bonds is 43. The molecule has 0 spiro atoms. The molecular weight excluding hydrogens is 673 g/mol. The van der Waals surface area contributed by atoms with Crippen LogP contribution in [-0.4, -0.2) is 49.9 Å². The first-order valence-electron chi connectivity index (χ1n) is 22.2. The Balaban J connectivity index is 3.98. The summed E-state index contributed by atoms with van der Waals surface area (Å²) in [7, 11) is -4.27. The molecule has 0 bridgehead atoms. The maximum absolute atomic E-state index is 12.6. The SMILES string of the molecule is CCCCCCCC/C=C\CCCCCCCC(=O)OC(COCCCCCCCCCCCCCCCCCCCC)COP(=O)(O)OCCN. The summed E-state index contributed by atoms with van der Waals surface area (Å²) in [4.78, 5) is 22.5. The van der Waals surface area contributed by atoms with Crippen molar-refractivity contribution in [2.75, 3.05) is 33.0 Å². The van der Waals surface area contributed by atoms with Crippen molar-refractivity contribution in [2.45, 2.75) is 225 Å². The molecule has 0 aromatic carbocycles. The van der Waals surface area contributed by atoms with Crippen LogP contribution in [0.2, 0.25) is 0 Å². The Kier molecular flexibility index (Phi) is 40.8. The standard InChI is InChI=1S/C43H86NO7P/c1-3-5-7-9-11-13-15-17-19-20-21-23-25-27-29-31-33-35-38-48-40-42(41-50-52(46,47)49-39-37-44)51-43(45)36-34-32-30-28-26-24-22-18-16-14-12-10-8-6-4-2/h18,22,42H,3-17,19-21,23-41,44H2,1-2H3,(H,46,47)/b22-18-. The molecule has 0 radical (unpaired) electrons. The summed E-state index contributed by atoms with van der Waals surface area (Å²) in [5, 5.41) is 0. The molecule has 0 fully saturated rings. The number of ether oxygens (including phenoxy) is 2. The summed E-state index contributed by atoms with van der Waals surface area (Å²) in [6.45, 7) is 4.95. The molecule has 52 heavy (non-hydrogen) atoms. The number of unbranched alkanes of at least 4 members (excludes halogenated alkanes) is 28. The van der Waals surface area contributed by atoms with Gasteiger partial charge in [0.15, 0.2) is 0 Å². The molecule has 0 aliphatic carbocycles. The molecule has 0 saturated carbocycles. The van der Waals surface area contributed by atoms with Gasteiger partial charge < -0.3 is 20.1 Å². The van der Waals surface area contributed by atoms with E-state index < -0.39 is 13.9 Å². The molecule has 3 N–H and O–H groups in total. The zero-order valence-corrected chi connectivity index (χ0v) is 35.2. The fraction of sp³-hybridized carbons (Fsp3) is 0.930. The largest absolute Gasteiger partial charge is 0.472 e. The van der Waals surface area contributed by atoms with Gasteiger partial charge in [-0.1, -0.05) is 187 Å². The minimum Gasteiger partial charge on any atom is -0.457 e. The zero-order chi connectivity index (χ0) is 38.1. The van der Waals surface area contributed by atoms with Gasteiger partial charge in [0.05, 0.1) is 19.8 Å². The number of phosphoric ester groups is 1. The second kappa shape index (κ2) is 41.4. The van der Waals surface area contributed by atoms with Gasteiger partial charge in [-0.2, -0.15) is 0 Å². The van der Waals surface area contributed by atoms with Gasteiger partial charge in [0.1, 0.15) is 6.10 Å². The van der Waals surface area contributed by atoms with Gasteiger partial charge in [-0.25, -0.2) is 4.57 Å². The highest BCUT2D eigenvalue weighted by molar-refractivity contribution is 7.47. The molecule has 0 saturated heterocycles. The van der Waals surface area contributed by atoms with Crippen molar-refractivity contribution in [3.05, 3.63) is 12.2 Å². The van der Waals surface area contributed by atoms with Crippen LogP contribution in [0, 0.1) is 0 Å². The van der Waals surface area contributed by atoms with E-state index in [1.807, 2.05) is 0 Å². The number of hydrogen-bond donors (Lipinski definition) is 2. The highest BCUT2D eigenvalue weighted by atomic mass is 31.2. The second-order valence-electron chi connectivity index (χ2n) is 14.9. The fourth-order valence-electron chi connectivity index (χ4n) is 6.40. The number of carbonyl (C=O) groups excluding carboxylic acids is 1. The summed E-state index contributed by atoms with van der Waals surface area (Å²) in [6, 6.07) is 0. The first-order valence-corrected chi connectivity index (χ1v) is 23.7. The second-order valence-corrected chi connectivity index (χ2v) is 16.4. The lowest BCUT2D eigenvalue weighted by atomic mass is 10.0. The van der Waals surface area contributed by atoms with Crippen molar-refractivity contribution in [3.63, 3.8) is 0 Å². The lowest BCUT2D eigenvalue weighted by molar-refractivity contribution is -0.154. The van der Waals surface area contributed by atoms with E-state index in [9.17, 15) is 14.3 Å². The predicted octanol–water partition coefficient (Wildman–Crippen LogP) is 13.1. The van der Waals surface area contributed by atoms with Gasteiger partial charge in [0, 0.05) is 19.6 Å². The highest BCUT2D eigenvalue weighted by Gasteiger charge is 2.25. The quantitative estimate of drug-likeness (QED) is 0.0273. The van der Waals surface area contributed by atoms with Crippen molar-refractivity contribution < 1.29 is 32.8 Å². The van der Waals surface area contributed by atoms with E-state index in [-0.39, 0.29) is 32.3 Å². The molecule has 310 valence electrons. The minimum absolute atomic E-state index is 0.0937. The van der Waals surface area contributed by atoms with Crippen LogP contribution in [0.3, 0.4) is 0 Å². The van der Waals surface area contributed by atoms with Gasteiger partial charge in [-0.15, -0.1) is 0 Å². The number of nitrogens with two attached hydrogens (primary N) is 1. The first-order chi connectivity index (χ1) is 25.4. The molecule has 0 amide bonds.